The van der Waals surface area contributed by atoms with Crippen molar-refractivity contribution in [3.05, 3.63) is 146 Å². The van der Waals surface area contributed by atoms with Gasteiger partial charge in [-0.3, -0.25) is 14.4 Å². The first-order valence-electron chi connectivity index (χ1n) is 33.3. The SMILES string of the molecule is CC/C=C\C/C=C\C/C=C\C/C=C\C/C=C\C/C=C\C/C=C\C/C=C\CCCCCCCCCCCCC(=O)OCC(COC(=O)CCCCC/C=C\C/C=C\C/C=C\CC)OC(=O)CCCCCCC/C=C\CCCCCCCC. The van der Waals surface area contributed by atoms with Gasteiger partial charge in [0.15, 0.2) is 6.10 Å². The van der Waals surface area contributed by atoms with E-state index in [4.69, 9.17) is 14.2 Å². The molecular formula is C75H122O6. The van der Waals surface area contributed by atoms with Gasteiger partial charge in [0.05, 0.1) is 0 Å². The fraction of sp³-hybridized carbons (Fsp3) is 0.640. The quantitative estimate of drug-likeness (QED) is 0.0261. The summed E-state index contributed by atoms with van der Waals surface area (Å²) in [5.74, 6) is -0.938. The second-order valence-corrected chi connectivity index (χ2v) is 21.6. The van der Waals surface area contributed by atoms with E-state index < -0.39 is 6.10 Å². The molecule has 0 aliphatic rings. The molecule has 0 bridgehead atoms. The molecule has 0 aromatic heterocycles. The lowest BCUT2D eigenvalue weighted by molar-refractivity contribution is -0.167. The Bertz CT molecular complexity index is 1760. The van der Waals surface area contributed by atoms with Gasteiger partial charge in [0.2, 0.25) is 0 Å². The molecule has 0 saturated heterocycles. The van der Waals surface area contributed by atoms with E-state index >= 15 is 0 Å². The molecule has 0 rings (SSSR count). The standard InChI is InChI=1S/C75H122O6/c1-4-7-10-13-16-19-22-25-27-28-29-30-31-32-33-34-35-36-37-38-39-40-41-42-43-44-45-46-48-50-53-56-59-62-65-68-74(77)80-71-72(70-79-73(76)67-64-61-58-55-52-49-24-21-18-15-12-9-6-3)81-75(78)69-66-63-60-57-54-51-47-26-23-20-17-14-11-8-5-2/h7,9-10,12,16,18-19,21,25-27,29-30,32-33,35-36,38-39,41-42,47,49,52,72H,4-6,8,11,13-15,17,20,22-24,28,31,34,37,40,43-46,48,50-51,53-71H2,1-3H3/b10-7-,12-9-,19-16-,21-18-,27-25-,30-29-,33-32-,36-35-,39-38-,42-41-,47-26-,52-49-. The van der Waals surface area contributed by atoms with Crippen LogP contribution >= 0.6 is 0 Å². The molecular weight excluding hydrogens is 997 g/mol. The lowest BCUT2D eigenvalue weighted by Crippen LogP contribution is -2.30. The molecule has 0 saturated carbocycles. The summed E-state index contributed by atoms with van der Waals surface area (Å²) >= 11 is 0. The second kappa shape index (κ2) is 67.8. The van der Waals surface area contributed by atoms with Crippen LogP contribution in [0.25, 0.3) is 0 Å². The molecule has 6 nitrogen and oxygen atoms in total. The van der Waals surface area contributed by atoms with E-state index in [0.29, 0.717) is 19.3 Å². The van der Waals surface area contributed by atoms with Crippen molar-refractivity contribution in [2.24, 2.45) is 0 Å². The largest absolute Gasteiger partial charge is 0.462 e. The molecule has 6 heteroatoms. The smallest absolute Gasteiger partial charge is 0.306 e. The maximum absolute atomic E-state index is 12.9. The molecule has 0 aliphatic carbocycles. The molecule has 0 spiro atoms. The number of carbonyl (C=O) groups excluding carboxylic acids is 3. The predicted molar refractivity (Wildman–Crippen MR) is 352 cm³/mol. The van der Waals surface area contributed by atoms with Crippen molar-refractivity contribution >= 4 is 17.9 Å². The summed E-state index contributed by atoms with van der Waals surface area (Å²) in [7, 11) is 0. The highest BCUT2D eigenvalue weighted by Gasteiger charge is 2.19. The number of carbonyl (C=O) groups is 3. The Morgan fingerprint density at radius 3 is 0.778 bits per heavy atom. The zero-order valence-corrected chi connectivity index (χ0v) is 52.5. The molecule has 1 atom stereocenters. The summed E-state index contributed by atoms with van der Waals surface area (Å²) in [4.78, 5) is 38.3. The summed E-state index contributed by atoms with van der Waals surface area (Å²) in [5, 5.41) is 0. The number of hydrogen-bond donors (Lipinski definition) is 0. The first-order valence-corrected chi connectivity index (χ1v) is 33.3. The van der Waals surface area contributed by atoms with Crippen molar-refractivity contribution in [3.8, 4) is 0 Å². The van der Waals surface area contributed by atoms with E-state index in [9.17, 15) is 14.4 Å². The number of ether oxygens (including phenoxy) is 3. The number of hydrogen-bond acceptors (Lipinski definition) is 6. The van der Waals surface area contributed by atoms with Gasteiger partial charge in [-0.1, -0.05) is 276 Å². The Morgan fingerprint density at radius 2 is 0.481 bits per heavy atom. The van der Waals surface area contributed by atoms with Crippen LogP contribution in [0.15, 0.2) is 146 Å². The van der Waals surface area contributed by atoms with Crippen LogP contribution in [0.3, 0.4) is 0 Å². The monoisotopic (exact) mass is 1120 g/mol. The first kappa shape index (κ1) is 76.3. The zero-order valence-electron chi connectivity index (χ0n) is 52.5. The van der Waals surface area contributed by atoms with E-state index in [0.717, 1.165) is 154 Å². The van der Waals surface area contributed by atoms with E-state index in [1.165, 1.54) is 96.3 Å². The van der Waals surface area contributed by atoms with Crippen LogP contribution in [-0.2, 0) is 28.6 Å². The van der Waals surface area contributed by atoms with Gasteiger partial charge in [-0.2, -0.15) is 0 Å². The molecule has 0 fully saturated rings. The molecule has 0 aromatic carbocycles. The van der Waals surface area contributed by atoms with Crippen LogP contribution in [-0.4, -0.2) is 37.2 Å². The van der Waals surface area contributed by atoms with E-state index in [1.807, 2.05) is 0 Å². The normalized spacial score (nSPS) is 13.1. The third kappa shape index (κ3) is 66.0. The van der Waals surface area contributed by atoms with Crippen LogP contribution in [0.4, 0.5) is 0 Å². The molecule has 0 amide bonds. The van der Waals surface area contributed by atoms with Crippen molar-refractivity contribution in [3.63, 3.8) is 0 Å². The topological polar surface area (TPSA) is 78.9 Å². The Kier molecular flexibility index (Phi) is 63.9. The molecule has 0 aromatic rings. The van der Waals surface area contributed by atoms with Crippen LogP contribution < -0.4 is 0 Å². The summed E-state index contributed by atoms with van der Waals surface area (Å²) in [6.45, 7) is 6.37. The lowest BCUT2D eigenvalue weighted by atomic mass is 10.1. The molecule has 458 valence electrons. The zero-order chi connectivity index (χ0) is 58.5. The highest BCUT2D eigenvalue weighted by molar-refractivity contribution is 5.71. The molecule has 0 radical (unpaired) electrons. The maximum Gasteiger partial charge on any atom is 0.306 e. The molecule has 81 heavy (non-hydrogen) atoms. The fourth-order valence-corrected chi connectivity index (χ4v) is 8.88. The van der Waals surface area contributed by atoms with Gasteiger partial charge in [0.25, 0.3) is 0 Å². The minimum Gasteiger partial charge on any atom is -0.462 e. The first-order chi connectivity index (χ1) is 40.0. The van der Waals surface area contributed by atoms with E-state index in [1.54, 1.807) is 0 Å². The number of allylic oxidation sites excluding steroid dienone is 24. The Balaban J connectivity index is 4.25. The van der Waals surface area contributed by atoms with E-state index in [2.05, 4.69) is 167 Å². The highest BCUT2D eigenvalue weighted by atomic mass is 16.6. The third-order valence-corrected chi connectivity index (χ3v) is 13.8. The molecule has 0 N–H and O–H groups in total. The second-order valence-electron chi connectivity index (χ2n) is 21.6. The molecule has 1 unspecified atom stereocenters. The summed E-state index contributed by atoms with van der Waals surface area (Å²) in [6, 6.07) is 0. The van der Waals surface area contributed by atoms with Gasteiger partial charge in [0.1, 0.15) is 13.2 Å². The summed E-state index contributed by atoms with van der Waals surface area (Å²) < 4.78 is 16.9. The van der Waals surface area contributed by atoms with Crippen molar-refractivity contribution < 1.29 is 28.6 Å². The highest BCUT2D eigenvalue weighted by Crippen LogP contribution is 2.15. The van der Waals surface area contributed by atoms with Crippen molar-refractivity contribution in [2.45, 2.75) is 297 Å². The average Bonchev–Trinajstić information content (AvgIpc) is 3.46. The predicted octanol–water partition coefficient (Wildman–Crippen LogP) is 23.1. The Labute approximate surface area is 499 Å². The third-order valence-electron chi connectivity index (χ3n) is 13.8. The minimum absolute atomic E-state index is 0.0961. The van der Waals surface area contributed by atoms with Gasteiger partial charge in [-0.15, -0.1) is 0 Å². The van der Waals surface area contributed by atoms with Gasteiger partial charge in [0, 0.05) is 19.3 Å². The van der Waals surface area contributed by atoms with Crippen molar-refractivity contribution in [2.75, 3.05) is 13.2 Å². The number of esters is 3. The van der Waals surface area contributed by atoms with Crippen LogP contribution in [0.2, 0.25) is 0 Å². The molecule has 0 heterocycles. The Hall–Kier alpha value is -4.71. The van der Waals surface area contributed by atoms with Crippen molar-refractivity contribution in [1.29, 1.82) is 0 Å². The fourth-order valence-electron chi connectivity index (χ4n) is 8.88. The average molecular weight is 1120 g/mol. The lowest BCUT2D eigenvalue weighted by Gasteiger charge is -2.18. The minimum atomic E-state index is -0.801. The summed E-state index contributed by atoms with van der Waals surface area (Å²) in [6.07, 6.45) is 97.3. The maximum atomic E-state index is 12.9. The number of unbranched alkanes of at least 4 members (excludes halogenated alkanes) is 24. The summed E-state index contributed by atoms with van der Waals surface area (Å²) in [5.41, 5.74) is 0. The van der Waals surface area contributed by atoms with Crippen LogP contribution in [0.5, 0.6) is 0 Å². The number of rotatable bonds is 59. The Morgan fingerprint density at radius 1 is 0.259 bits per heavy atom. The van der Waals surface area contributed by atoms with Crippen LogP contribution in [0.1, 0.15) is 290 Å². The van der Waals surface area contributed by atoms with Crippen molar-refractivity contribution in [1.82, 2.24) is 0 Å². The van der Waals surface area contributed by atoms with Gasteiger partial charge < -0.3 is 14.2 Å². The molecule has 0 aliphatic heterocycles. The van der Waals surface area contributed by atoms with Gasteiger partial charge in [-0.05, 0) is 141 Å². The van der Waals surface area contributed by atoms with Gasteiger partial charge >= 0.3 is 17.9 Å². The van der Waals surface area contributed by atoms with Crippen LogP contribution in [0, 0.1) is 0 Å². The van der Waals surface area contributed by atoms with E-state index in [-0.39, 0.29) is 31.1 Å². The van der Waals surface area contributed by atoms with Gasteiger partial charge in [-0.25, -0.2) is 0 Å².